The van der Waals surface area contributed by atoms with Gasteiger partial charge in [-0.2, -0.15) is 13.2 Å². The lowest BCUT2D eigenvalue weighted by Crippen LogP contribution is -2.40. The van der Waals surface area contributed by atoms with Crippen molar-refractivity contribution >= 4 is 5.91 Å². The first-order valence-electron chi connectivity index (χ1n) is 10.5. The highest BCUT2D eigenvalue weighted by molar-refractivity contribution is 5.95. The Bertz CT molecular complexity index is 982. The maximum Gasteiger partial charge on any atom is 0.416 e. The molecular weight excluding hydrogens is 425 g/mol. The van der Waals surface area contributed by atoms with Gasteiger partial charge in [0.1, 0.15) is 0 Å². The van der Waals surface area contributed by atoms with Crippen LogP contribution in [-0.2, 0) is 17.5 Å². The summed E-state index contributed by atoms with van der Waals surface area (Å²) < 4.78 is 49.3. The van der Waals surface area contributed by atoms with E-state index in [0.717, 1.165) is 31.4 Å². The fourth-order valence-electron chi connectivity index (χ4n) is 4.95. The van der Waals surface area contributed by atoms with E-state index in [1.54, 1.807) is 6.07 Å². The Kier molecular flexibility index (Phi) is 6.28. The normalized spacial score (nSPS) is 24.5. The summed E-state index contributed by atoms with van der Waals surface area (Å²) in [7, 11) is 1.40. The number of alkyl halides is 3. The number of methoxy groups -OCH3 is 1. The topological polar surface area (TPSA) is 80.7 Å². The van der Waals surface area contributed by atoms with Gasteiger partial charge in [0.05, 0.1) is 25.9 Å². The number of halogens is 3. The van der Waals surface area contributed by atoms with Crippen LogP contribution in [0.3, 0.4) is 0 Å². The number of pyridine rings is 1. The van der Waals surface area contributed by atoms with Crippen molar-refractivity contribution < 1.29 is 32.5 Å². The molecular formula is C23H25F3N2O4. The van der Waals surface area contributed by atoms with Crippen LogP contribution in [0.1, 0.15) is 40.9 Å². The molecule has 2 aliphatic rings. The molecule has 1 heterocycles. The summed E-state index contributed by atoms with van der Waals surface area (Å²) in [6, 6.07) is 6.67. The summed E-state index contributed by atoms with van der Waals surface area (Å²) in [6.07, 6.45) is -0.294. The number of rotatable bonds is 7. The average Bonchev–Trinajstić information content (AvgIpc) is 3.33. The summed E-state index contributed by atoms with van der Waals surface area (Å²) in [5, 5.41) is 13.1. The molecule has 6 nitrogen and oxygen atoms in total. The molecule has 0 aliphatic heterocycles. The van der Waals surface area contributed by atoms with Crippen LogP contribution >= 0.6 is 0 Å². The van der Waals surface area contributed by atoms with E-state index in [4.69, 9.17) is 9.47 Å². The number of nitrogens with one attached hydrogen (secondary N) is 1. The lowest BCUT2D eigenvalue weighted by molar-refractivity contribution is -0.137. The molecule has 2 N–H and O–H groups in total. The third-order valence-electron chi connectivity index (χ3n) is 6.50. The number of nitrogens with zero attached hydrogens (tertiary/aromatic N) is 1. The highest BCUT2D eigenvalue weighted by atomic mass is 19.4. The summed E-state index contributed by atoms with van der Waals surface area (Å²) >= 11 is 0. The zero-order valence-corrected chi connectivity index (χ0v) is 17.6. The molecule has 4 atom stereocenters. The van der Waals surface area contributed by atoms with Gasteiger partial charge in [0, 0.05) is 18.3 Å². The van der Waals surface area contributed by atoms with Gasteiger partial charge in [-0.3, -0.25) is 4.79 Å². The minimum atomic E-state index is -4.36. The van der Waals surface area contributed by atoms with Crippen molar-refractivity contribution in [3.8, 4) is 11.5 Å². The first-order chi connectivity index (χ1) is 15.3. The molecule has 0 radical (unpaired) electrons. The van der Waals surface area contributed by atoms with E-state index in [0.29, 0.717) is 29.9 Å². The van der Waals surface area contributed by atoms with E-state index in [-0.39, 0.29) is 29.8 Å². The Labute approximate surface area is 183 Å². The van der Waals surface area contributed by atoms with Gasteiger partial charge in [-0.05, 0) is 54.7 Å². The monoisotopic (exact) mass is 450 g/mol. The summed E-state index contributed by atoms with van der Waals surface area (Å²) in [5.74, 6) is 0.490. The van der Waals surface area contributed by atoms with Crippen LogP contribution < -0.4 is 10.1 Å². The minimum absolute atomic E-state index is 0.000354. The van der Waals surface area contributed by atoms with Crippen molar-refractivity contribution in [1.82, 2.24) is 10.3 Å². The average molecular weight is 450 g/mol. The van der Waals surface area contributed by atoms with Crippen molar-refractivity contribution in [2.45, 2.75) is 38.1 Å². The van der Waals surface area contributed by atoms with Gasteiger partial charge in [-0.25, -0.2) is 4.98 Å². The highest BCUT2D eigenvalue weighted by Crippen LogP contribution is 2.48. The van der Waals surface area contributed by atoms with Crippen LogP contribution in [0.25, 0.3) is 0 Å². The fraction of sp³-hybridized carbons (Fsp3) is 0.478. The molecule has 2 bridgehead atoms. The Morgan fingerprint density at radius 2 is 2.03 bits per heavy atom. The molecule has 2 aromatic rings. The van der Waals surface area contributed by atoms with Crippen molar-refractivity contribution in [1.29, 1.82) is 0 Å². The number of ether oxygens (including phenoxy) is 2. The van der Waals surface area contributed by atoms with Crippen molar-refractivity contribution in [2.75, 3.05) is 13.7 Å². The Morgan fingerprint density at radius 1 is 1.22 bits per heavy atom. The first-order valence-corrected chi connectivity index (χ1v) is 10.5. The fourth-order valence-corrected chi connectivity index (χ4v) is 4.95. The molecule has 4 rings (SSSR count). The maximum atomic E-state index is 12.8. The SMILES string of the molecule is COc1ccnc(C(=O)NC2CC3CC2C[C@@H]3COCc2cccc(C(F)(F)F)c2)c1O. The lowest BCUT2D eigenvalue weighted by atomic mass is 9.86. The van der Waals surface area contributed by atoms with Gasteiger partial charge < -0.3 is 19.9 Å². The number of aromatic hydroxyl groups is 1. The van der Waals surface area contributed by atoms with Gasteiger partial charge in [0.25, 0.3) is 5.91 Å². The van der Waals surface area contributed by atoms with Crippen LogP contribution in [0.5, 0.6) is 11.5 Å². The lowest BCUT2D eigenvalue weighted by Gasteiger charge is -2.28. The van der Waals surface area contributed by atoms with Gasteiger partial charge in [-0.15, -0.1) is 0 Å². The summed E-state index contributed by atoms with van der Waals surface area (Å²) in [5.41, 5.74) is -0.236. The first kappa shape index (κ1) is 22.4. The van der Waals surface area contributed by atoms with Crippen LogP contribution in [0.2, 0.25) is 0 Å². The second kappa shape index (κ2) is 8.97. The van der Waals surface area contributed by atoms with Gasteiger partial charge in [-0.1, -0.05) is 12.1 Å². The molecule has 3 unspecified atom stereocenters. The molecule has 1 aromatic carbocycles. The van der Waals surface area contributed by atoms with Gasteiger partial charge in [0.2, 0.25) is 0 Å². The highest BCUT2D eigenvalue weighted by Gasteiger charge is 2.46. The molecule has 32 heavy (non-hydrogen) atoms. The Morgan fingerprint density at radius 3 is 2.72 bits per heavy atom. The second-order valence-electron chi connectivity index (χ2n) is 8.49. The van der Waals surface area contributed by atoms with Crippen LogP contribution in [0.15, 0.2) is 36.5 Å². The quantitative estimate of drug-likeness (QED) is 0.662. The van der Waals surface area contributed by atoms with Crippen LogP contribution in [0, 0.1) is 17.8 Å². The molecule has 172 valence electrons. The molecule has 0 saturated heterocycles. The van der Waals surface area contributed by atoms with E-state index >= 15 is 0 Å². The zero-order chi connectivity index (χ0) is 22.9. The number of fused-ring (bicyclic) bond motifs is 2. The molecule has 2 saturated carbocycles. The molecule has 0 spiro atoms. The van der Waals surface area contributed by atoms with Crippen molar-refractivity contribution in [2.24, 2.45) is 17.8 Å². The van der Waals surface area contributed by atoms with E-state index in [1.165, 1.54) is 25.4 Å². The smallest absolute Gasteiger partial charge is 0.416 e. The van der Waals surface area contributed by atoms with E-state index < -0.39 is 17.6 Å². The number of hydrogen-bond acceptors (Lipinski definition) is 5. The molecule has 2 aliphatic carbocycles. The third kappa shape index (κ3) is 4.67. The predicted molar refractivity (Wildman–Crippen MR) is 109 cm³/mol. The number of benzene rings is 1. The third-order valence-corrected chi connectivity index (χ3v) is 6.50. The number of hydrogen-bond donors (Lipinski definition) is 2. The standard InChI is InChI=1S/C23H25F3N2O4/c1-31-19-5-6-27-20(21(19)29)22(30)28-18-10-14-8-15(18)9-16(14)12-32-11-13-3-2-4-17(7-13)23(24,25)26/h2-7,14-16,18,29H,8-12H2,1H3,(H,28,30)/t14?,15?,16-,18?/m1/s1. The molecule has 1 aromatic heterocycles. The van der Waals surface area contributed by atoms with Gasteiger partial charge >= 0.3 is 6.18 Å². The predicted octanol–water partition coefficient (Wildman–Crippen LogP) is 4.18. The molecule has 2 fully saturated rings. The number of carbonyl (C=O) groups excluding carboxylic acids is 1. The largest absolute Gasteiger partial charge is 0.503 e. The second-order valence-corrected chi connectivity index (χ2v) is 8.49. The van der Waals surface area contributed by atoms with E-state index in [1.807, 2.05) is 0 Å². The number of amides is 1. The zero-order valence-electron chi connectivity index (χ0n) is 17.6. The molecule has 9 heteroatoms. The molecule has 1 amide bonds. The van der Waals surface area contributed by atoms with E-state index in [2.05, 4.69) is 10.3 Å². The van der Waals surface area contributed by atoms with Crippen molar-refractivity contribution in [3.05, 3.63) is 53.3 Å². The van der Waals surface area contributed by atoms with E-state index in [9.17, 15) is 23.1 Å². The van der Waals surface area contributed by atoms with Crippen LogP contribution in [-0.4, -0.2) is 35.8 Å². The van der Waals surface area contributed by atoms with Gasteiger partial charge in [0.15, 0.2) is 17.2 Å². The summed E-state index contributed by atoms with van der Waals surface area (Å²) in [4.78, 5) is 16.5. The minimum Gasteiger partial charge on any atom is -0.503 e. The maximum absolute atomic E-state index is 12.8. The van der Waals surface area contributed by atoms with Crippen molar-refractivity contribution in [3.63, 3.8) is 0 Å². The summed E-state index contributed by atoms with van der Waals surface area (Å²) in [6.45, 7) is 0.620. The number of aromatic nitrogens is 1. The Balaban J connectivity index is 1.27. The number of carbonyl (C=O) groups is 1. The van der Waals surface area contributed by atoms with Crippen LogP contribution in [0.4, 0.5) is 13.2 Å². The Hall–Kier alpha value is -2.81.